The molecule has 1 rings (SSSR count). The molecule has 0 spiro atoms. The Labute approximate surface area is 96.1 Å². The molecule has 0 aliphatic carbocycles. The van der Waals surface area contributed by atoms with Crippen LogP contribution in [0.15, 0.2) is 22.7 Å². The van der Waals surface area contributed by atoms with Crippen molar-refractivity contribution in [3.05, 3.63) is 32.7 Å². The lowest BCUT2D eigenvalue weighted by Gasteiger charge is -1.94. The summed E-state index contributed by atoms with van der Waals surface area (Å²) in [5, 5.41) is 8.76. The zero-order chi connectivity index (χ0) is 12.1. The van der Waals surface area contributed by atoms with Crippen molar-refractivity contribution >= 4 is 40.5 Å². The summed E-state index contributed by atoms with van der Waals surface area (Å²) in [6.07, 6.45) is 0. The normalized spacial score (nSPS) is 9.93. The smallest absolute Gasteiger partial charge is 0.418 e. The average molecular weight is 305 g/mol. The first kappa shape index (κ1) is 14.2. The van der Waals surface area contributed by atoms with Gasteiger partial charge < -0.3 is 17.3 Å². The van der Waals surface area contributed by atoms with Crippen molar-refractivity contribution in [2.24, 2.45) is 0 Å². The lowest BCUT2D eigenvalue weighted by Crippen LogP contribution is -2.02. The minimum absolute atomic E-state index is 0.380. The van der Waals surface area contributed by atoms with Crippen molar-refractivity contribution < 1.29 is 17.3 Å². The third-order valence-corrected chi connectivity index (χ3v) is 1.81. The maximum atomic E-state index is 9.75. The van der Waals surface area contributed by atoms with E-state index in [2.05, 4.69) is 20.9 Å². The summed E-state index contributed by atoms with van der Waals surface area (Å²) in [5.41, 5.74) is 0.380. The Bertz CT molecular complexity index is 372. The molecule has 0 unspecified atom stereocenters. The Morgan fingerprint density at radius 3 is 2.07 bits per heavy atom. The second kappa shape index (κ2) is 5.93. The van der Waals surface area contributed by atoms with Crippen molar-refractivity contribution in [3.8, 4) is 0 Å². The van der Waals surface area contributed by atoms with E-state index in [9.17, 15) is 17.3 Å². The van der Waals surface area contributed by atoms with Gasteiger partial charge >= 0.3 is 12.9 Å². The van der Waals surface area contributed by atoms with Crippen LogP contribution in [0.4, 0.5) is 23.0 Å². The van der Waals surface area contributed by atoms with Crippen molar-refractivity contribution in [2.45, 2.75) is 0 Å². The zero-order valence-electron chi connectivity index (χ0n) is 6.97. The molecule has 2 nitrogen and oxygen atoms in total. The van der Waals surface area contributed by atoms with Crippen LogP contribution in [0.1, 0.15) is 0 Å². The van der Waals surface area contributed by atoms with Crippen LogP contribution >= 0.6 is 27.5 Å². The summed E-state index contributed by atoms with van der Waals surface area (Å²) in [6.45, 7) is 0. The summed E-state index contributed by atoms with van der Waals surface area (Å²) in [4.78, 5) is 2.96. The highest BCUT2D eigenvalue weighted by Crippen LogP contribution is 2.27. The van der Waals surface area contributed by atoms with Crippen molar-refractivity contribution in [1.29, 1.82) is 5.39 Å². The molecule has 0 amide bonds. The van der Waals surface area contributed by atoms with Gasteiger partial charge in [0.15, 0.2) is 4.98 Å². The Morgan fingerprint density at radius 2 is 1.73 bits per heavy atom. The minimum atomic E-state index is -6.00. The maximum Gasteiger partial charge on any atom is 0.673 e. The predicted octanol–water partition coefficient (Wildman–Crippen LogP) is 4.89. The van der Waals surface area contributed by atoms with Gasteiger partial charge in [-0.15, -0.1) is 0 Å². The van der Waals surface area contributed by atoms with E-state index < -0.39 is 7.25 Å². The van der Waals surface area contributed by atoms with Crippen LogP contribution in [0.25, 0.3) is 4.98 Å². The van der Waals surface area contributed by atoms with E-state index in [0.717, 1.165) is 4.47 Å². The van der Waals surface area contributed by atoms with E-state index in [-0.39, 0.29) is 0 Å². The Balaban J connectivity index is 0.000000336. The fourth-order valence-electron chi connectivity index (χ4n) is 0.562. The molecule has 0 bridgehead atoms. The third-order valence-electron chi connectivity index (χ3n) is 1.02. The Morgan fingerprint density at radius 1 is 1.27 bits per heavy atom. The van der Waals surface area contributed by atoms with Crippen LogP contribution in [0.3, 0.4) is 0 Å². The maximum absolute atomic E-state index is 9.75. The van der Waals surface area contributed by atoms with Gasteiger partial charge in [0.1, 0.15) is 5.02 Å². The monoisotopic (exact) mass is 304 g/mol. The first-order chi connectivity index (χ1) is 6.74. The lowest BCUT2D eigenvalue weighted by molar-refractivity contribution is 0.368. The van der Waals surface area contributed by atoms with Crippen LogP contribution < -0.4 is 0 Å². The lowest BCUT2D eigenvalue weighted by atomic mass is 10.3. The van der Waals surface area contributed by atoms with E-state index in [0.29, 0.717) is 10.7 Å². The van der Waals surface area contributed by atoms with Gasteiger partial charge in [-0.3, -0.25) is 0 Å². The summed E-state index contributed by atoms with van der Waals surface area (Å²) in [6, 6.07) is 5.03. The van der Waals surface area contributed by atoms with Gasteiger partial charge in [0.25, 0.3) is 0 Å². The molecule has 0 aromatic heterocycles. The molecule has 0 radical (unpaired) electrons. The molecular formula is C6H3BBrClF4N2. The van der Waals surface area contributed by atoms with Crippen LogP contribution in [-0.4, -0.2) is 7.25 Å². The van der Waals surface area contributed by atoms with E-state index in [1.165, 1.54) is 0 Å². The number of rotatable bonds is 0. The summed E-state index contributed by atoms with van der Waals surface area (Å²) < 4.78 is 39.9. The third kappa shape index (κ3) is 8.21. The van der Waals surface area contributed by atoms with Gasteiger partial charge in [0.2, 0.25) is 5.39 Å². The number of benzene rings is 1. The quantitative estimate of drug-likeness (QED) is 0.381. The highest BCUT2D eigenvalue weighted by Gasteiger charge is 2.20. The highest BCUT2D eigenvalue weighted by molar-refractivity contribution is 9.10. The minimum Gasteiger partial charge on any atom is -0.418 e. The fraction of sp³-hybridized carbons (Fsp3) is 0. The van der Waals surface area contributed by atoms with E-state index in [4.69, 9.17) is 17.0 Å². The van der Waals surface area contributed by atoms with Crippen LogP contribution in [0.5, 0.6) is 0 Å². The number of hydrogen-bond acceptors (Lipinski definition) is 1. The molecule has 0 atom stereocenters. The van der Waals surface area contributed by atoms with Crippen LogP contribution in [-0.2, 0) is 0 Å². The second-order valence-corrected chi connectivity index (χ2v) is 3.51. The van der Waals surface area contributed by atoms with Crippen molar-refractivity contribution in [1.82, 2.24) is 0 Å². The van der Waals surface area contributed by atoms with Crippen molar-refractivity contribution in [3.63, 3.8) is 0 Å². The molecular weight excluding hydrogens is 302 g/mol. The highest BCUT2D eigenvalue weighted by atomic mass is 79.9. The largest absolute Gasteiger partial charge is 0.673 e. The summed E-state index contributed by atoms with van der Waals surface area (Å²) in [7, 11) is -6.00. The standard InChI is InChI=1S/C6H3BrClN2.BF4/c7-4-1-2-6(10-9)5(8)3-4;2-1(3,4)5/h1-3H;/q+1;-1. The molecule has 9 heteroatoms. The molecule has 1 aromatic rings. The number of nitrogens with zero attached hydrogens (tertiary/aromatic N) is 2. The zero-order valence-corrected chi connectivity index (χ0v) is 9.31. The Hall–Kier alpha value is -0.805. The van der Waals surface area contributed by atoms with E-state index in [1.807, 2.05) is 0 Å². The fourth-order valence-corrected chi connectivity index (χ4v) is 1.27. The molecule has 0 aliphatic heterocycles. The topological polar surface area (TPSA) is 28.1 Å². The van der Waals surface area contributed by atoms with Crippen LogP contribution in [0, 0.1) is 5.39 Å². The summed E-state index contributed by atoms with van der Waals surface area (Å²) in [5.74, 6) is 0. The molecule has 0 N–H and O–H groups in total. The number of diazo groups is 1. The van der Waals surface area contributed by atoms with Gasteiger partial charge in [0.05, 0.1) is 0 Å². The summed E-state index contributed by atoms with van der Waals surface area (Å²) >= 11 is 8.86. The number of hydrogen-bond donors (Lipinski definition) is 0. The molecule has 1 aromatic carbocycles. The second-order valence-electron chi connectivity index (χ2n) is 2.19. The Kier molecular flexibility index (Phi) is 5.61. The molecule has 0 aliphatic rings. The predicted molar refractivity (Wildman–Crippen MR) is 54.1 cm³/mol. The first-order valence-electron chi connectivity index (χ1n) is 3.41. The molecule has 0 saturated heterocycles. The van der Waals surface area contributed by atoms with Gasteiger partial charge in [-0.05, 0) is 12.1 Å². The molecule has 0 fully saturated rings. The van der Waals surface area contributed by atoms with Gasteiger partial charge in [-0.25, -0.2) is 0 Å². The van der Waals surface area contributed by atoms with Gasteiger partial charge in [-0.1, -0.05) is 27.5 Å². The van der Waals surface area contributed by atoms with E-state index >= 15 is 0 Å². The van der Waals surface area contributed by atoms with Gasteiger partial charge in [-0.2, -0.15) is 0 Å². The van der Waals surface area contributed by atoms with Gasteiger partial charge in [0, 0.05) is 10.5 Å². The van der Waals surface area contributed by atoms with E-state index in [1.54, 1.807) is 18.2 Å². The average Bonchev–Trinajstić information content (AvgIpc) is 2.01. The molecule has 15 heavy (non-hydrogen) atoms. The molecule has 82 valence electrons. The first-order valence-corrected chi connectivity index (χ1v) is 4.58. The van der Waals surface area contributed by atoms with Crippen molar-refractivity contribution in [2.75, 3.05) is 0 Å². The number of halogens is 6. The SMILES string of the molecule is F[B-](F)(F)F.N#[N+]c1ccc(Br)cc1Cl. The van der Waals surface area contributed by atoms with Crippen LogP contribution in [0.2, 0.25) is 5.02 Å². The molecule has 0 heterocycles. The molecule has 0 saturated carbocycles.